The largest absolute Gasteiger partial charge is 0.484 e. The molecule has 2 rings (SSSR count). The molecule has 0 bridgehead atoms. The Hall–Kier alpha value is -2.34. The lowest BCUT2D eigenvalue weighted by atomic mass is 10.2. The van der Waals surface area contributed by atoms with Crippen molar-refractivity contribution < 1.29 is 14.3 Å². The van der Waals surface area contributed by atoms with Gasteiger partial charge in [-0.2, -0.15) is 0 Å². The van der Waals surface area contributed by atoms with E-state index in [2.05, 4.69) is 26.6 Å². The Labute approximate surface area is 136 Å². The van der Waals surface area contributed by atoms with Gasteiger partial charge in [-0.25, -0.2) is 0 Å². The van der Waals surface area contributed by atoms with E-state index in [1.165, 1.54) is 6.92 Å². The third kappa shape index (κ3) is 5.21. The van der Waals surface area contributed by atoms with Gasteiger partial charge in [0.15, 0.2) is 6.61 Å². The van der Waals surface area contributed by atoms with Gasteiger partial charge >= 0.3 is 0 Å². The Morgan fingerprint density at radius 2 is 1.73 bits per heavy atom. The molecule has 0 aliphatic rings. The summed E-state index contributed by atoms with van der Waals surface area (Å²) in [5.74, 6) is 0.165. The molecule has 0 heterocycles. The molecule has 0 saturated heterocycles. The molecule has 2 amide bonds. The van der Waals surface area contributed by atoms with Gasteiger partial charge in [-0.15, -0.1) is 0 Å². The first-order chi connectivity index (χ1) is 10.5. The second-order valence-corrected chi connectivity index (χ2v) is 5.47. The van der Waals surface area contributed by atoms with E-state index in [0.29, 0.717) is 17.1 Å². The molecule has 5 nitrogen and oxygen atoms in total. The molecule has 0 atom stereocenters. The summed E-state index contributed by atoms with van der Waals surface area (Å²) in [5.41, 5.74) is 1.22. The molecular weight excluding hydrogens is 348 g/mol. The lowest BCUT2D eigenvalue weighted by Gasteiger charge is -2.09. The van der Waals surface area contributed by atoms with E-state index in [-0.39, 0.29) is 18.4 Å². The highest BCUT2D eigenvalue weighted by Crippen LogP contribution is 2.18. The molecule has 22 heavy (non-hydrogen) atoms. The Morgan fingerprint density at radius 3 is 2.41 bits per heavy atom. The Morgan fingerprint density at radius 1 is 1.05 bits per heavy atom. The number of hydrogen-bond donors (Lipinski definition) is 2. The van der Waals surface area contributed by atoms with Gasteiger partial charge in [0.2, 0.25) is 5.91 Å². The molecule has 0 aliphatic carbocycles. The number of anilines is 2. The van der Waals surface area contributed by atoms with E-state index in [0.717, 1.165) is 4.47 Å². The standard InChI is InChI=1S/C16H15BrN2O3/c1-11(20)18-13-5-3-6-14(9-13)19-16(21)10-22-15-7-2-4-12(17)8-15/h2-9H,10H2,1H3,(H,18,20)(H,19,21). The van der Waals surface area contributed by atoms with E-state index in [4.69, 9.17) is 4.74 Å². The van der Waals surface area contributed by atoms with Gasteiger partial charge in [0.25, 0.3) is 5.91 Å². The SMILES string of the molecule is CC(=O)Nc1cccc(NC(=O)COc2cccc(Br)c2)c1. The number of benzene rings is 2. The van der Waals surface area contributed by atoms with E-state index >= 15 is 0 Å². The van der Waals surface area contributed by atoms with Gasteiger partial charge in [-0.1, -0.05) is 28.1 Å². The Balaban J connectivity index is 1.90. The highest BCUT2D eigenvalue weighted by molar-refractivity contribution is 9.10. The van der Waals surface area contributed by atoms with Crippen molar-refractivity contribution in [3.8, 4) is 5.75 Å². The maximum atomic E-state index is 11.9. The minimum absolute atomic E-state index is 0.0964. The van der Waals surface area contributed by atoms with Crippen LogP contribution in [0.25, 0.3) is 0 Å². The van der Waals surface area contributed by atoms with Crippen LogP contribution in [0.3, 0.4) is 0 Å². The second kappa shape index (κ2) is 7.61. The van der Waals surface area contributed by atoms with Crippen molar-refractivity contribution in [1.82, 2.24) is 0 Å². The summed E-state index contributed by atoms with van der Waals surface area (Å²) in [6.45, 7) is 1.33. The van der Waals surface area contributed by atoms with Crippen LogP contribution in [0.1, 0.15) is 6.92 Å². The molecule has 0 aliphatic heterocycles. The molecule has 0 spiro atoms. The van der Waals surface area contributed by atoms with Crippen LogP contribution >= 0.6 is 15.9 Å². The zero-order valence-corrected chi connectivity index (χ0v) is 13.5. The Kier molecular flexibility index (Phi) is 5.55. The fraction of sp³-hybridized carbons (Fsp3) is 0.125. The smallest absolute Gasteiger partial charge is 0.262 e. The number of carbonyl (C=O) groups is 2. The highest BCUT2D eigenvalue weighted by atomic mass is 79.9. The van der Waals surface area contributed by atoms with Crippen molar-refractivity contribution in [2.75, 3.05) is 17.2 Å². The molecule has 2 aromatic carbocycles. The summed E-state index contributed by atoms with van der Waals surface area (Å²) < 4.78 is 6.29. The van der Waals surface area contributed by atoms with E-state index in [9.17, 15) is 9.59 Å². The molecule has 0 fully saturated rings. The number of hydrogen-bond acceptors (Lipinski definition) is 3. The molecule has 0 aromatic heterocycles. The van der Waals surface area contributed by atoms with Crippen LogP contribution in [0.5, 0.6) is 5.75 Å². The molecule has 0 unspecified atom stereocenters. The first kappa shape index (κ1) is 16.0. The van der Waals surface area contributed by atoms with Gasteiger partial charge in [-0.05, 0) is 36.4 Å². The number of nitrogens with one attached hydrogen (secondary N) is 2. The van der Waals surface area contributed by atoms with E-state index in [1.54, 1.807) is 36.4 Å². The van der Waals surface area contributed by atoms with Crippen molar-refractivity contribution in [2.24, 2.45) is 0 Å². The first-order valence-electron chi connectivity index (χ1n) is 6.59. The van der Waals surface area contributed by atoms with Crippen LogP contribution in [0.4, 0.5) is 11.4 Å². The average molecular weight is 363 g/mol. The highest BCUT2D eigenvalue weighted by Gasteiger charge is 2.05. The van der Waals surface area contributed by atoms with Crippen molar-refractivity contribution in [3.63, 3.8) is 0 Å². The zero-order chi connectivity index (χ0) is 15.9. The van der Waals surface area contributed by atoms with Crippen molar-refractivity contribution >= 4 is 39.1 Å². The van der Waals surface area contributed by atoms with E-state index < -0.39 is 0 Å². The molecular formula is C16H15BrN2O3. The van der Waals surface area contributed by atoms with Crippen LogP contribution in [0, 0.1) is 0 Å². The summed E-state index contributed by atoms with van der Waals surface area (Å²) in [5, 5.41) is 5.37. The minimum Gasteiger partial charge on any atom is -0.484 e. The zero-order valence-electron chi connectivity index (χ0n) is 11.9. The van der Waals surface area contributed by atoms with Gasteiger partial charge in [-0.3, -0.25) is 9.59 Å². The monoisotopic (exact) mass is 362 g/mol. The number of halogens is 1. The van der Waals surface area contributed by atoms with Crippen LogP contribution < -0.4 is 15.4 Å². The van der Waals surface area contributed by atoms with Crippen LogP contribution in [-0.4, -0.2) is 18.4 Å². The molecule has 0 radical (unpaired) electrons. The maximum Gasteiger partial charge on any atom is 0.262 e. The predicted molar refractivity (Wildman–Crippen MR) is 89.0 cm³/mol. The molecule has 114 valence electrons. The van der Waals surface area contributed by atoms with E-state index in [1.807, 2.05) is 12.1 Å². The molecule has 2 N–H and O–H groups in total. The normalized spacial score (nSPS) is 9.91. The van der Waals surface area contributed by atoms with Crippen molar-refractivity contribution in [3.05, 3.63) is 53.0 Å². The number of ether oxygens (including phenoxy) is 1. The lowest BCUT2D eigenvalue weighted by Crippen LogP contribution is -2.20. The van der Waals surface area contributed by atoms with Gasteiger partial charge in [0.05, 0.1) is 0 Å². The third-order valence-corrected chi connectivity index (χ3v) is 3.13. The predicted octanol–water partition coefficient (Wildman–Crippen LogP) is 3.43. The summed E-state index contributed by atoms with van der Waals surface area (Å²) in [6.07, 6.45) is 0. The second-order valence-electron chi connectivity index (χ2n) is 4.56. The third-order valence-electron chi connectivity index (χ3n) is 2.63. The van der Waals surface area contributed by atoms with Gasteiger partial charge in [0, 0.05) is 22.8 Å². The fourth-order valence-corrected chi connectivity index (χ4v) is 2.16. The summed E-state index contributed by atoms with van der Waals surface area (Å²) >= 11 is 3.34. The topological polar surface area (TPSA) is 67.4 Å². The fourth-order valence-electron chi connectivity index (χ4n) is 1.78. The van der Waals surface area contributed by atoms with Crippen molar-refractivity contribution in [2.45, 2.75) is 6.92 Å². The quantitative estimate of drug-likeness (QED) is 0.855. The maximum absolute atomic E-state index is 11.9. The molecule has 2 aromatic rings. The number of rotatable bonds is 5. The van der Waals surface area contributed by atoms with Crippen molar-refractivity contribution in [1.29, 1.82) is 0 Å². The molecule has 0 saturated carbocycles. The Bertz CT molecular complexity index is 689. The van der Waals surface area contributed by atoms with Crippen LogP contribution in [0.2, 0.25) is 0 Å². The number of amides is 2. The summed E-state index contributed by atoms with van der Waals surface area (Å²) in [4.78, 5) is 22.9. The van der Waals surface area contributed by atoms with Gasteiger partial charge < -0.3 is 15.4 Å². The first-order valence-corrected chi connectivity index (χ1v) is 7.38. The van der Waals surface area contributed by atoms with Gasteiger partial charge in [0.1, 0.15) is 5.75 Å². The van der Waals surface area contributed by atoms with Crippen LogP contribution in [0.15, 0.2) is 53.0 Å². The molecule has 6 heteroatoms. The lowest BCUT2D eigenvalue weighted by molar-refractivity contribution is -0.118. The average Bonchev–Trinajstić information content (AvgIpc) is 2.45. The minimum atomic E-state index is -0.278. The number of carbonyl (C=O) groups excluding carboxylic acids is 2. The van der Waals surface area contributed by atoms with Crippen LogP contribution in [-0.2, 0) is 9.59 Å². The summed E-state index contributed by atoms with van der Waals surface area (Å²) in [6, 6.07) is 14.2. The summed E-state index contributed by atoms with van der Waals surface area (Å²) in [7, 11) is 0.